The standard InChI is InChI=1S/C31H38N4O5S/c1-4-24-9-5-6-10-27(24)41(38,39)33-29-25-18-22(11-12-26(25)40-31(2,3)30(29)37)19-28(36)35-16-14-34(15-17-35)21-23-8-7-13-32-20-23/h5-13,18,20,29-30,33,37H,4,14-17,19,21H2,1-3H3. The van der Waals surface area contributed by atoms with E-state index >= 15 is 0 Å². The molecule has 3 aromatic rings. The lowest BCUT2D eigenvalue weighted by atomic mass is 9.86. The molecule has 2 atom stereocenters. The molecular weight excluding hydrogens is 540 g/mol. The maximum atomic E-state index is 13.5. The molecule has 0 saturated carbocycles. The second kappa shape index (κ2) is 11.9. The Kier molecular flexibility index (Phi) is 8.47. The number of carbonyl (C=O) groups excluding carboxylic acids is 1. The van der Waals surface area contributed by atoms with Gasteiger partial charge in [-0.3, -0.25) is 14.7 Å². The Labute approximate surface area is 242 Å². The van der Waals surface area contributed by atoms with E-state index in [2.05, 4.69) is 20.7 Å². The number of aromatic nitrogens is 1. The fourth-order valence-corrected chi connectivity index (χ4v) is 7.10. The summed E-state index contributed by atoms with van der Waals surface area (Å²) in [6, 6.07) is 15.3. The molecular formula is C31H38N4O5S. The molecule has 2 N–H and O–H groups in total. The number of aliphatic hydroxyl groups is 1. The van der Waals surface area contributed by atoms with Crippen LogP contribution in [-0.2, 0) is 34.2 Å². The molecule has 2 unspecified atom stereocenters. The molecule has 1 fully saturated rings. The SMILES string of the molecule is CCc1ccccc1S(=O)(=O)NC1c2cc(CC(=O)N3CCN(Cc4cccnc4)CC3)ccc2OC(C)(C)C1O. The first-order valence-electron chi connectivity index (χ1n) is 14.1. The van der Waals surface area contributed by atoms with Gasteiger partial charge in [0.1, 0.15) is 17.5 Å². The molecule has 9 nitrogen and oxygen atoms in total. The molecule has 0 spiro atoms. The van der Waals surface area contributed by atoms with E-state index in [1.165, 1.54) is 0 Å². The highest BCUT2D eigenvalue weighted by molar-refractivity contribution is 7.89. The number of ether oxygens (including phenoxy) is 1. The minimum absolute atomic E-state index is 0.0117. The molecule has 2 aromatic carbocycles. The van der Waals surface area contributed by atoms with Gasteiger partial charge in [-0.25, -0.2) is 13.1 Å². The second-order valence-electron chi connectivity index (χ2n) is 11.3. The summed E-state index contributed by atoms with van der Waals surface area (Å²) in [5.41, 5.74) is 2.07. The van der Waals surface area contributed by atoms with Crippen LogP contribution in [-0.4, -0.2) is 72.1 Å². The Balaban J connectivity index is 1.31. The number of benzene rings is 2. The molecule has 1 saturated heterocycles. The van der Waals surface area contributed by atoms with Crippen molar-refractivity contribution >= 4 is 15.9 Å². The Hall–Kier alpha value is -3.31. The molecule has 10 heteroatoms. The van der Waals surface area contributed by atoms with Crippen LogP contribution in [0.4, 0.5) is 0 Å². The third kappa shape index (κ3) is 6.46. The zero-order valence-corrected chi connectivity index (χ0v) is 24.6. The van der Waals surface area contributed by atoms with Crippen LogP contribution in [0.15, 0.2) is 71.9 Å². The summed E-state index contributed by atoms with van der Waals surface area (Å²) in [5, 5.41) is 11.3. The fourth-order valence-electron chi connectivity index (χ4n) is 5.57. The molecule has 0 bridgehead atoms. The van der Waals surface area contributed by atoms with Crippen molar-refractivity contribution in [1.29, 1.82) is 0 Å². The molecule has 218 valence electrons. The van der Waals surface area contributed by atoms with Gasteiger partial charge in [0.25, 0.3) is 0 Å². The first-order valence-corrected chi connectivity index (χ1v) is 15.5. The average molecular weight is 579 g/mol. The third-order valence-electron chi connectivity index (χ3n) is 7.94. The number of piperazine rings is 1. The summed E-state index contributed by atoms with van der Waals surface area (Å²) in [4.78, 5) is 21.8. The van der Waals surface area contributed by atoms with Crippen molar-refractivity contribution in [3.63, 3.8) is 0 Å². The van der Waals surface area contributed by atoms with E-state index < -0.39 is 27.8 Å². The van der Waals surface area contributed by atoms with Crippen molar-refractivity contribution in [1.82, 2.24) is 19.5 Å². The Morgan fingerprint density at radius 3 is 2.54 bits per heavy atom. The smallest absolute Gasteiger partial charge is 0.241 e. The molecule has 2 aliphatic rings. The number of amides is 1. The van der Waals surface area contributed by atoms with Crippen molar-refractivity contribution in [2.24, 2.45) is 0 Å². The molecule has 0 radical (unpaired) electrons. The van der Waals surface area contributed by atoms with E-state index in [0.29, 0.717) is 36.4 Å². The van der Waals surface area contributed by atoms with Gasteiger partial charge in [0.2, 0.25) is 15.9 Å². The Bertz CT molecular complexity index is 1490. The number of fused-ring (bicyclic) bond motifs is 1. The van der Waals surface area contributed by atoms with Crippen molar-refractivity contribution < 1.29 is 23.1 Å². The van der Waals surface area contributed by atoms with E-state index in [4.69, 9.17) is 4.74 Å². The predicted molar refractivity (Wildman–Crippen MR) is 156 cm³/mol. The number of hydrogen-bond donors (Lipinski definition) is 2. The molecule has 1 amide bonds. The highest BCUT2D eigenvalue weighted by Gasteiger charge is 2.45. The van der Waals surface area contributed by atoms with Gasteiger partial charge in [0.15, 0.2) is 0 Å². The van der Waals surface area contributed by atoms with Crippen molar-refractivity contribution in [3.05, 3.63) is 89.2 Å². The van der Waals surface area contributed by atoms with E-state index in [1.54, 1.807) is 50.4 Å². The van der Waals surface area contributed by atoms with Crippen molar-refractivity contribution in [2.75, 3.05) is 26.2 Å². The molecule has 0 aliphatic carbocycles. The van der Waals surface area contributed by atoms with Gasteiger partial charge in [0, 0.05) is 50.7 Å². The monoisotopic (exact) mass is 578 g/mol. The highest BCUT2D eigenvalue weighted by Crippen LogP contribution is 2.41. The Morgan fingerprint density at radius 2 is 1.83 bits per heavy atom. The normalized spacial score (nSPS) is 20.7. The summed E-state index contributed by atoms with van der Waals surface area (Å²) in [5.74, 6) is 0.495. The topological polar surface area (TPSA) is 112 Å². The highest BCUT2D eigenvalue weighted by atomic mass is 32.2. The summed E-state index contributed by atoms with van der Waals surface area (Å²) in [6.07, 6.45) is 3.20. The van der Waals surface area contributed by atoms with Gasteiger partial charge in [-0.2, -0.15) is 0 Å². The molecule has 41 heavy (non-hydrogen) atoms. The van der Waals surface area contributed by atoms with E-state index in [1.807, 2.05) is 36.2 Å². The lowest BCUT2D eigenvalue weighted by molar-refractivity contribution is -0.132. The number of sulfonamides is 1. The maximum absolute atomic E-state index is 13.5. The van der Waals surface area contributed by atoms with Crippen LogP contribution < -0.4 is 9.46 Å². The number of pyridine rings is 1. The molecule has 5 rings (SSSR count). The quantitative estimate of drug-likeness (QED) is 0.423. The van der Waals surface area contributed by atoms with Crippen molar-refractivity contribution in [3.8, 4) is 5.75 Å². The van der Waals surface area contributed by atoms with Gasteiger partial charge in [0.05, 0.1) is 17.4 Å². The summed E-state index contributed by atoms with van der Waals surface area (Å²) in [6.45, 7) is 9.00. The first-order chi connectivity index (χ1) is 19.6. The van der Waals surface area contributed by atoms with Crippen LogP contribution >= 0.6 is 0 Å². The molecule has 1 aromatic heterocycles. The molecule has 2 aliphatic heterocycles. The van der Waals surface area contributed by atoms with Crippen LogP contribution in [0, 0.1) is 0 Å². The number of rotatable bonds is 8. The number of aryl methyl sites for hydroxylation is 1. The summed E-state index contributed by atoms with van der Waals surface area (Å²) < 4.78 is 35.9. The number of aliphatic hydroxyl groups excluding tert-OH is 1. The van der Waals surface area contributed by atoms with Crippen LogP contribution in [0.1, 0.15) is 49.1 Å². The van der Waals surface area contributed by atoms with Crippen LogP contribution in [0.3, 0.4) is 0 Å². The minimum Gasteiger partial charge on any atom is -0.485 e. The number of nitrogens with one attached hydrogen (secondary N) is 1. The maximum Gasteiger partial charge on any atom is 0.241 e. The minimum atomic E-state index is -3.96. The van der Waals surface area contributed by atoms with E-state index in [0.717, 1.165) is 30.8 Å². The summed E-state index contributed by atoms with van der Waals surface area (Å²) in [7, 11) is -3.96. The van der Waals surface area contributed by atoms with Crippen LogP contribution in [0.5, 0.6) is 5.75 Å². The number of hydrogen-bond acceptors (Lipinski definition) is 7. The molecule has 3 heterocycles. The lowest BCUT2D eigenvalue weighted by Crippen LogP contribution is -2.53. The number of carbonyl (C=O) groups is 1. The van der Waals surface area contributed by atoms with Gasteiger partial charge in [-0.05, 0) is 61.2 Å². The lowest BCUT2D eigenvalue weighted by Gasteiger charge is -2.42. The second-order valence-corrected chi connectivity index (χ2v) is 13.0. The van der Waals surface area contributed by atoms with Gasteiger partial charge >= 0.3 is 0 Å². The van der Waals surface area contributed by atoms with E-state index in [-0.39, 0.29) is 17.2 Å². The largest absolute Gasteiger partial charge is 0.485 e. The predicted octanol–water partition coefficient (Wildman–Crippen LogP) is 3.08. The average Bonchev–Trinajstić information content (AvgIpc) is 2.96. The van der Waals surface area contributed by atoms with Gasteiger partial charge < -0.3 is 14.7 Å². The fraction of sp³-hybridized carbons (Fsp3) is 0.419. The van der Waals surface area contributed by atoms with Crippen molar-refractivity contribution in [2.45, 2.75) is 62.8 Å². The van der Waals surface area contributed by atoms with Gasteiger partial charge in [-0.1, -0.05) is 37.3 Å². The van der Waals surface area contributed by atoms with Crippen LogP contribution in [0.2, 0.25) is 0 Å². The zero-order chi connectivity index (χ0) is 29.2. The first kappa shape index (κ1) is 29.2. The van der Waals surface area contributed by atoms with Gasteiger partial charge in [-0.15, -0.1) is 0 Å². The number of nitrogens with zero attached hydrogens (tertiary/aromatic N) is 3. The zero-order valence-electron chi connectivity index (χ0n) is 23.8. The summed E-state index contributed by atoms with van der Waals surface area (Å²) >= 11 is 0. The van der Waals surface area contributed by atoms with E-state index in [9.17, 15) is 18.3 Å². The Morgan fingerprint density at radius 1 is 1.07 bits per heavy atom. The van der Waals surface area contributed by atoms with Crippen LogP contribution in [0.25, 0.3) is 0 Å². The third-order valence-corrected chi connectivity index (χ3v) is 9.49.